The number of carbonyl (C=O) groups excluding carboxylic acids is 1. The van der Waals surface area contributed by atoms with Crippen molar-refractivity contribution in [3.8, 4) is 11.8 Å². The molecule has 6 heterocycles. The van der Waals surface area contributed by atoms with E-state index in [-0.39, 0.29) is 11.9 Å². The molecule has 0 unspecified atom stereocenters. The van der Waals surface area contributed by atoms with Gasteiger partial charge in [0.15, 0.2) is 5.58 Å². The molecule has 6 rings (SSSR count). The number of rotatable bonds is 3. The summed E-state index contributed by atoms with van der Waals surface area (Å²) in [5.74, 6) is 6.94. The third-order valence-electron chi connectivity index (χ3n) is 6.40. The van der Waals surface area contributed by atoms with E-state index in [0.717, 1.165) is 63.3 Å². The van der Waals surface area contributed by atoms with Gasteiger partial charge in [-0.1, -0.05) is 11.8 Å². The lowest BCUT2D eigenvalue weighted by atomic mass is 9.84. The van der Waals surface area contributed by atoms with E-state index >= 15 is 0 Å². The zero-order valence-electron chi connectivity index (χ0n) is 16.6. The lowest BCUT2D eigenvalue weighted by Gasteiger charge is -2.44. The van der Waals surface area contributed by atoms with Crippen LogP contribution in [0.5, 0.6) is 0 Å². The lowest BCUT2D eigenvalue weighted by molar-refractivity contribution is 0.0618. The van der Waals surface area contributed by atoms with Gasteiger partial charge >= 0.3 is 0 Å². The molecule has 4 aliphatic rings. The second-order valence-electron chi connectivity index (χ2n) is 8.26. The van der Waals surface area contributed by atoms with Gasteiger partial charge in [-0.15, -0.1) is 0 Å². The van der Waals surface area contributed by atoms with Crippen molar-refractivity contribution in [3.63, 3.8) is 0 Å². The number of piperidine rings is 3. The van der Waals surface area contributed by atoms with E-state index < -0.39 is 0 Å². The molecule has 4 fully saturated rings. The highest BCUT2D eigenvalue weighted by Crippen LogP contribution is 2.28. The Morgan fingerprint density at radius 1 is 1.28 bits per heavy atom. The molecule has 4 aliphatic heterocycles. The van der Waals surface area contributed by atoms with Crippen LogP contribution in [0.4, 0.5) is 0 Å². The fourth-order valence-electron chi connectivity index (χ4n) is 4.64. The first-order chi connectivity index (χ1) is 14.3. The van der Waals surface area contributed by atoms with Gasteiger partial charge in [0.25, 0.3) is 5.91 Å². The molecule has 152 valence electrons. The number of hydrogen-bond donors (Lipinski definition) is 2. The van der Waals surface area contributed by atoms with Crippen molar-refractivity contribution >= 4 is 16.9 Å². The van der Waals surface area contributed by atoms with Crippen LogP contribution < -0.4 is 10.6 Å². The maximum absolute atomic E-state index is 12.8. The molecule has 2 N–H and O–H groups in total. The van der Waals surface area contributed by atoms with Crippen molar-refractivity contribution in [2.75, 3.05) is 52.4 Å². The van der Waals surface area contributed by atoms with E-state index in [1.54, 1.807) is 12.5 Å². The summed E-state index contributed by atoms with van der Waals surface area (Å²) in [7, 11) is 0. The number of amides is 1. The molecule has 7 heteroatoms. The molecule has 0 spiro atoms. The first-order valence-corrected chi connectivity index (χ1v) is 10.6. The van der Waals surface area contributed by atoms with E-state index in [2.05, 4.69) is 37.3 Å². The molecule has 2 bridgehead atoms. The quantitative estimate of drug-likeness (QED) is 0.756. The van der Waals surface area contributed by atoms with E-state index in [1.165, 1.54) is 12.8 Å². The summed E-state index contributed by atoms with van der Waals surface area (Å²) in [4.78, 5) is 21.9. The highest BCUT2D eigenvalue weighted by Gasteiger charge is 2.35. The SMILES string of the molecule is O=C(N[C@H]1CN2CCC1CC2)c1cc2c(C#CCN3CCNCC3)coc2cn1. The molecule has 0 saturated carbocycles. The molecule has 1 amide bonds. The van der Waals surface area contributed by atoms with Crippen molar-refractivity contribution in [3.05, 3.63) is 29.8 Å². The molecule has 0 aliphatic carbocycles. The molecule has 2 aromatic rings. The molecule has 0 aromatic carbocycles. The summed E-state index contributed by atoms with van der Waals surface area (Å²) in [6.07, 6.45) is 5.63. The van der Waals surface area contributed by atoms with Crippen molar-refractivity contribution in [2.24, 2.45) is 5.92 Å². The van der Waals surface area contributed by atoms with Crippen LogP contribution in [0.15, 0.2) is 22.9 Å². The molecular weight excluding hydrogens is 366 g/mol. The zero-order valence-corrected chi connectivity index (χ0v) is 16.6. The molecule has 1 atom stereocenters. The summed E-state index contributed by atoms with van der Waals surface area (Å²) >= 11 is 0. The lowest BCUT2D eigenvalue weighted by Crippen LogP contribution is -2.57. The number of carbonyl (C=O) groups is 1. The van der Waals surface area contributed by atoms with E-state index in [1.807, 2.05) is 6.07 Å². The van der Waals surface area contributed by atoms with Crippen molar-refractivity contribution < 1.29 is 9.21 Å². The van der Waals surface area contributed by atoms with Crippen LogP contribution in [0.1, 0.15) is 28.9 Å². The monoisotopic (exact) mass is 393 g/mol. The maximum atomic E-state index is 12.8. The predicted octanol–water partition coefficient (Wildman–Crippen LogP) is 0.908. The third-order valence-corrected chi connectivity index (χ3v) is 6.40. The number of nitrogens with one attached hydrogen (secondary N) is 2. The minimum Gasteiger partial charge on any atom is -0.461 e. The van der Waals surface area contributed by atoms with Crippen LogP contribution in [0.25, 0.3) is 11.0 Å². The van der Waals surface area contributed by atoms with Gasteiger partial charge in [-0.25, -0.2) is 4.98 Å². The molecular formula is C22H27N5O2. The van der Waals surface area contributed by atoms with Crippen molar-refractivity contribution in [1.29, 1.82) is 0 Å². The fourth-order valence-corrected chi connectivity index (χ4v) is 4.64. The first-order valence-electron chi connectivity index (χ1n) is 10.6. The van der Waals surface area contributed by atoms with E-state index in [4.69, 9.17) is 4.42 Å². The van der Waals surface area contributed by atoms with E-state index in [0.29, 0.717) is 17.2 Å². The van der Waals surface area contributed by atoms with Gasteiger partial charge in [0.1, 0.15) is 12.0 Å². The Balaban J connectivity index is 1.29. The molecule has 2 aromatic heterocycles. The summed E-state index contributed by atoms with van der Waals surface area (Å²) in [6, 6.07) is 2.04. The van der Waals surface area contributed by atoms with Crippen LogP contribution in [-0.4, -0.2) is 79.1 Å². The first kappa shape index (κ1) is 18.6. The van der Waals surface area contributed by atoms with Crippen LogP contribution in [0.3, 0.4) is 0 Å². The Morgan fingerprint density at radius 3 is 2.86 bits per heavy atom. The van der Waals surface area contributed by atoms with Gasteiger partial charge in [-0.05, 0) is 37.9 Å². The van der Waals surface area contributed by atoms with Crippen LogP contribution in [0, 0.1) is 17.8 Å². The number of nitrogens with zero attached hydrogens (tertiary/aromatic N) is 3. The van der Waals surface area contributed by atoms with Gasteiger partial charge in [-0.3, -0.25) is 9.69 Å². The van der Waals surface area contributed by atoms with Crippen LogP contribution in [-0.2, 0) is 0 Å². The number of hydrogen-bond acceptors (Lipinski definition) is 6. The molecule has 4 saturated heterocycles. The highest BCUT2D eigenvalue weighted by atomic mass is 16.3. The normalized spacial score (nSPS) is 26.8. The van der Waals surface area contributed by atoms with Crippen LogP contribution >= 0.6 is 0 Å². The Bertz CT molecular complexity index is 945. The third kappa shape index (κ3) is 4.01. The summed E-state index contributed by atoms with van der Waals surface area (Å²) in [5.41, 5.74) is 1.91. The number of furan rings is 1. The topological polar surface area (TPSA) is 73.6 Å². The second-order valence-corrected chi connectivity index (χ2v) is 8.26. The Hall–Kier alpha value is -2.40. The Labute approximate surface area is 170 Å². The Morgan fingerprint density at radius 2 is 2.10 bits per heavy atom. The van der Waals surface area contributed by atoms with Crippen molar-refractivity contribution in [1.82, 2.24) is 25.4 Å². The zero-order chi connectivity index (χ0) is 19.6. The smallest absolute Gasteiger partial charge is 0.270 e. The number of piperazine rings is 1. The largest absolute Gasteiger partial charge is 0.461 e. The van der Waals surface area contributed by atoms with Crippen LogP contribution in [0.2, 0.25) is 0 Å². The second kappa shape index (κ2) is 8.15. The van der Waals surface area contributed by atoms with Gasteiger partial charge in [0.05, 0.1) is 18.3 Å². The predicted molar refractivity (Wildman–Crippen MR) is 111 cm³/mol. The number of pyridine rings is 1. The standard InChI is InChI=1S/C22H27N5O2/c28-22(25-20-14-27-8-3-16(20)4-9-27)19-12-18-17(15-29-21(18)13-24-19)2-1-7-26-10-5-23-6-11-26/h12-13,15-16,20,23H,3-11,14H2,(H,25,28)/t20-/m0/s1. The molecule has 7 nitrogen and oxygen atoms in total. The van der Waals surface area contributed by atoms with Gasteiger partial charge in [0.2, 0.25) is 0 Å². The average Bonchev–Trinajstić information content (AvgIpc) is 3.18. The summed E-state index contributed by atoms with van der Waals surface area (Å²) in [5, 5.41) is 7.41. The molecule has 29 heavy (non-hydrogen) atoms. The minimum absolute atomic E-state index is 0.105. The Kier molecular flexibility index (Phi) is 5.23. The summed E-state index contributed by atoms with van der Waals surface area (Å²) < 4.78 is 5.59. The van der Waals surface area contributed by atoms with Crippen molar-refractivity contribution in [2.45, 2.75) is 18.9 Å². The minimum atomic E-state index is -0.105. The maximum Gasteiger partial charge on any atom is 0.270 e. The number of aromatic nitrogens is 1. The van der Waals surface area contributed by atoms with Gasteiger partial charge < -0.3 is 20.0 Å². The van der Waals surface area contributed by atoms with Gasteiger partial charge in [-0.2, -0.15) is 0 Å². The summed E-state index contributed by atoms with van der Waals surface area (Å²) in [6.45, 7) is 8.08. The van der Waals surface area contributed by atoms with Gasteiger partial charge in [0, 0.05) is 44.2 Å². The highest BCUT2D eigenvalue weighted by molar-refractivity contribution is 5.97. The fraction of sp³-hybridized carbons (Fsp3) is 0.545. The van der Waals surface area contributed by atoms with E-state index in [9.17, 15) is 4.79 Å². The molecule has 0 radical (unpaired) electrons. The number of fused-ring (bicyclic) bond motifs is 4. The average molecular weight is 393 g/mol.